The third-order valence-electron chi connectivity index (χ3n) is 7.32. The molecular formula is C37H23N3. The molecule has 0 amide bonds. The molecule has 1 heterocycles. The van der Waals surface area contributed by atoms with E-state index in [1.807, 2.05) is 66.7 Å². The summed E-state index contributed by atoms with van der Waals surface area (Å²) < 4.78 is 0. The van der Waals surface area contributed by atoms with Crippen molar-refractivity contribution in [2.45, 2.75) is 0 Å². The van der Waals surface area contributed by atoms with Gasteiger partial charge in [0.15, 0.2) is 5.69 Å². The Hall–Kier alpha value is -5.59. The number of benzene rings is 6. The first kappa shape index (κ1) is 23.5. The third kappa shape index (κ3) is 4.18. The van der Waals surface area contributed by atoms with Crippen LogP contribution in [0.25, 0.3) is 71.4 Å². The lowest BCUT2D eigenvalue weighted by Gasteiger charge is -2.15. The van der Waals surface area contributed by atoms with Gasteiger partial charge in [0.1, 0.15) is 0 Å². The number of fused-ring (bicyclic) bond motifs is 2. The normalized spacial score (nSPS) is 11.0. The summed E-state index contributed by atoms with van der Waals surface area (Å²) in [7, 11) is 0. The minimum Gasteiger partial charge on any atom is -0.244 e. The molecule has 1 aromatic heterocycles. The molecule has 0 saturated heterocycles. The van der Waals surface area contributed by atoms with E-state index in [0.29, 0.717) is 5.69 Å². The fraction of sp³-hybridized carbons (Fsp3) is 0. The van der Waals surface area contributed by atoms with Crippen LogP contribution in [0.4, 0.5) is 5.69 Å². The van der Waals surface area contributed by atoms with Crippen LogP contribution in [-0.4, -0.2) is 9.97 Å². The lowest BCUT2D eigenvalue weighted by atomic mass is 9.91. The maximum atomic E-state index is 7.19. The summed E-state index contributed by atoms with van der Waals surface area (Å²) in [5.74, 6) is 0. The topological polar surface area (TPSA) is 30.1 Å². The van der Waals surface area contributed by atoms with E-state index < -0.39 is 0 Å². The van der Waals surface area contributed by atoms with Crippen LogP contribution < -0.4 is 0 Å². The molecule has 0 N–H and O–H groups in total. The van der Waals surface area contributed by atoms with Gasteiger partial charge in [0.05, 0.1) is 29.0 Å². The Kier molecular flexibility index (Phi) is 5.85. The highest BCUT2D eigenvalue weighted by molar-refractivity contribution is 6.06. The van der Waals surface area contributed by atoms with E-state index >= 15 is 0 Å². The van der Waals surface area contributed by atoms with E-state index in [1.54, 1.807) is 0 Å². The molecule has 3 nitrogen and oxygen atoms in total. The molecule has 0 aliphatic rings. The van der Waals surface area contributed by atoms with Crippen LogP contribution >= 0.6 is 0 Å². The molecule has 0 radical (unpaired) electrons. The minimum absolute atomic E-state index is 0.651. The fourth-order valence-corrected chi connectivity index (χ4v) is 5.31. The first-order valence-corrected chi connectivity index (χ1v) is 13.2. The molecule has 7 rings (SSSR count). The molecular weight excluding hydrogens is 486 g/mol. The molecule has 6 aromatic carbocycles. The molecule has 3 heteroatoms. The van der Waals surface area contributed by atoms with Crippen LogP contribution in [0.5, 0.6) is 0 Å². The highest BCUT2D eigenvalue weighted by Crippen LogP contribution is 2.39. The van der Waals surface area contributed by atoms with Crippen LogP contribution in [0, 0.1) is 6.57 Å². The first-order valence-electron chi connectivity index (χ1n) is 13.2. The maximum Gasteiger partial charge on any atom is 0.187 e. The lowest BCUT2D eigenvalue weighted by molar-refractivity contribution is 1.30. The predicted molar refractivity (Wildman–Crippen MR) is 165 cm³/mol. The molecule has 0 atom stereocenters. The highest BCUT2D eigenvalue weighted by atomic mass is 14.8. The molecule has 0 bridgehead atoms. The second kappa shape index (κ2) is 9.94. The van der Waals surface area contributed by atoms with Crippen molar-refractivity contribution in [1.82, 2.24) is 9.97 Å². The molecule has 0 unspecified atom stereocenters. The number of nitrogens with zero attached hydrogens (tertiary/aromatic N) is 3. The van der Waals surface area contributed by atoms with Crippen molar-refractivity contribution in [3.05, 3.63) is 151 Å². The summed E-state index contributed by atoms with van der Waals surface area (Å²) in [6.45, 7) is 7.19. The van der Waals surface area contributed by atoms with Gasteiger partial charge in [-0.15, -0.1) is 0 Å². The van der Waals surface area contributed by atoms with E-state index in [9.17, 15) is 0 Å². The van der Waals surface area contributed by atoms with Gasteiger partial charge in [0, 0.05) is 11.1 Å². The molecule has 0 fully saturated rings. The van der Waals surface area contributed by atoms with Gasteiger partial charge in [-0.3, -0.25) is 0 Å². The maximum absolute atomic E-state index is 7.19. The molecule has 186 valence electrons. The van der Waals surface area contributed by atoms with Crippen molar-refractivity contribution in [2.24, 2.45) is 0 Å². The average Bonchev–Trinajstić information content (AvgIpc) is 3.04. The SMILES string of the molecule is [C-]#[N+]c1ccc(-c2ccc(-c3ccc(-c4nc5ccccc5nc4-c4ccccc4)c4ccccc34)cc2)cc1. The average molecular weight is 510 g/mol. The molecule has 0 aliphatic heterocycles. The summed E-state index contributed by atoms with van der Waals surface area (Å²) in [4.78, 5) is 13.7. The zero-order chi connectivity index (χ0) is 26.9. The third-order valence-corrected chi connectivity index (χ3v) is 7.32. The lowest BCUT2D eigenvalue weighted by Crippen LogP contribution is -1.96. The van der Waals surface area contributed by atoms with E-state index in [2.05, 4.69) is 77.6 Å². The first-order chi connectivity index (χ1) is 19.8. The van der Waals surface area contributed by atoms with Gasteiger partial charge in [-0.25, -0.2) is 14.8 Å². The smallest absolute Gasteiger partial charge is 0.187 e. The molecule has 0 saturated carbocycles. The van der Waals surface area contributed by atoms with Gasteiger partial charge in [0.2, 0.25) is 0 Å². The zero-order valence-electron chi connectivity index (χ0n) is 21.6. The van der Waals surface area contributed by atoms with Crippen molar-refractivity contribution >= 4 is 27.5 Å². The Labute approximate surface area is 232 Å². The Morgan fingerprint density at radius 3 is 1.55 bits per heavy atom. The fourth-order valence-electron chi connectivity index (χ4n) is 5.31. The van der Waals surface area contributed by atoms with Gasteiger partial charge in [-0.05, 0) is 45.2 Å². The quantitative estimate of drug-likeness (QED) is 0.221. The molecule has 7 aromatic rings. The minimum atomic E-state index is 0.651. The largest absolute Gasteiger partial charge is 0.244 e. The van der Waals surface area contributed by atoms with Crippen molar-refractivity contribution in [2.75, 3.05) is 0 Å². The van der Waals surface area contributed by atoms with Gasteiger partial charge < -0.3 is 0 Å². The van der Waals surface area contributed by atoms with Crippen LogP contribution in [0.15, 0.2) is 140 Å². The van der Waals surface area contributed by atoms with Crippen LogP contribution in [0.1, 0.15) is 0 Å². The Morgan fingerprint density at radius 2 is 0.900 bits per heavy atom. The van der Waals surface area contributed by atoms with E-state index in [4.69, 9.17) is 16.5 Å². The van der Waals surface area contributed by atoms with Crippen LogP contribution in [-0.2, 0) is 0 Å². The number of para-hydroxylation sites is 2. The monoisotopic (exact) mass is 509 g/mol. The zero-order valence-corrected chi connectivity index (χ0v) is 21.6. The predicted octanol–water partition coefficient (Wildman–Crippen LogP) is 10.0. The summed E-state index contributed by atoms with van der Waals surface area (Å²) >= 11 is 0. The van der Waals surface area contributed by atoms with Crippen LogP contribution in [0.3, 0.4) is 0 Å². The van der Waals surface area contributed by atoms with E-state index in [0.717, 1.165) is 55.6 Å². The van der Waals surface area contributed by atoms with E-state index in [-0.39, 0.29) is 0 Å². The Bertz CT molecular complexity index is 2040. The standard InChI is InChI=1S/C37H23N3/c1-38-29-21-19-26(20-22-29)25-15-17-27(18-16-25)30-23-24-33(32-12-6-5-11-31(30)32)37-36(28-9-3-2-4-10-28)39-34-13-7-8-14-35(34)40-37/h2-24H. The highest BCUT2D eigenvalue weighted by Gasteiger charge is 2.17. The van der Waals surface area contributed by atoms with Gasteiger partial charge in [0.25, 0.3) is 0 Å². The van der Waals surface area contributed by atoms with Crippen molar-refractivity contribution in [3.8, 4) is 44.8 Å². The Morgan fingerprint density at radius 1 is 0.400 bits per heavy atom. The summed E-state index contributed by atoms with van der Waals surface area (Å²) in [5, 5.41) is 2.31. The van der Waals surface area contributed by atoms with Crippen molar-refractivity contribution < 1.29 is 0 Å². The molecule has 0 spiro atoms. The number of hydrogen-bond acceptors (Lipinski definition) is 2. The second-order valence-electron chi connectivity index (χ2n) is 9.72. The van der Waals surface area contributed by atoms with E-state index in [1.165, 1.54) is 10.9 Å². The summed E-state index contributed by atoms with van der Waals surface area (Å²) in [6, 6.07) is 47.6. The van der Waals surface area contributed by atoms with Crippen LogP contribution in [0.2, 0.25) is 0 Å². The van der Waals surface area contributed by atoms with Gasteiger partial charge >= 0.3 is 0 Å². The van der Waals surface area contributed by atoms with Gasteiger partial charge in [-0.2, -0.15) is 0 Å². The summed E-state index contributed by atoms with van der Waals surface area (Å²) in [6.07, 6.45) is 0. The molecule has 40 heavy (non-hydrogen) atoms. The van der Waals surface area contributed by atoms with Crippen molar-refractivity contribution in [1.29, 1.82) is 0 Å². The second-order valence-corrected chi connectivity index (χ2v) is 9.72. The Balaban J connectivity index is 1.37. The number of hydrogen-bond donors (Lipinski definition) is 0. The number of rotatable bonds is 4. The van der Waals surface area contributed by atoms with Crippen molar-refractivity contribution in [3.63, 3.8) is 0 Å². The van der Waals surface area contributed by atoms with Gasteiger partial charge in [-0.1, -0.05) is 127 Å². The molecule has 0 aliphatic carbocycles. The number of aromatic nitrogens is 2. The summed E-state index contributed by atoms with van der Waals surface area (Å²) in [5.41, 5.74) is 10.8.